The average Bonchev–Trinajstić information content (AvgIpc) is 2.90. The Bertz CT molecular complexity index is 1290. The normalized spacial score (nSPS) is 17.9. The van der Waals surface area contributed by atoms with Crippen molar-refractivity contribution in [2.75, 3.05) is 69.4 Å². The summed E-state index contributed by atoms with van der Waals surface area (Å²) in [5.74, 6) is 0.866. The molecule has 0 amide bonds. The van der Waals surface area contributed by atoms with Crippen LogP contribution in [0.1, 0.15) is 5.56 Å². The lowest BCUT2D eigenvalue weighted by Crippen LogP contribution is -2.47. The number of sulfonamides is 1. The van der Waals surface area contributed by atoms with Crippen LogP contribution in [0.3, 0.4) is 0 Å². The van der Waals surface area contributed by atoms with Crippen molar-refractivity contribution in [3.05, 3.63) is 48.3 Å². The number of hydrogen-bond donors (Lipinski definition) is 1. The highest BCUT2D eigenvalue weighted by atomic mass is 32.2. The van der Waals surface area contributed by atoms with E-state index in [2.05, 4.69) is 44.0 Å². The minimum Gasteiger partial charge on any atom is -0.378 e. The van der Waals surface area contributed by atoms with Crippen LogP contribution in [0, 0.1) is 0 Å². The summed E-state index contributed by atoms with van der Waals surface area (Å²) < 4.78 is 30.5. The number of nitrogens with two attached hydrogens (primary N) is 1. The van der Waals surface area contributed by atoms with Gasteiger partial charge in [0.25, 0.3) is 0 Å². The van der Waals surface area contributed by atoms with Crippen LogP contribution in [-0.4, -0.2) is 96.3 Å². The first-order valence-corrected chi connectivity index (χ1v) is 13.8. The highest BCUT2D eigenvalue weighted by Crippen LogP contribution is 2.27. The minimum absolute atomic E-state index is 0.217. The summed E-state index contributed by atoms with van der Waals surface area (Å²) in [6.45, 7) is 6.00. The fraction of sp³-hybridized carbons (Fsp3) is 0.417. The molecule has 4 heterocycles. The highest BCUT2D eigenvalue weighted by Gasteiger charge is 2.23. The number of rotatable bonds is 6. The molecule has 190 valence electrons. The molecule has 11 nitrogen and oxygen atoms in total. The van der Waals surface area contributed by atoms with E-state index in [0.717, 1.165) is 55.2 Å². The average molecular weight is 511 g/mol. The Morgan fingerprint density at radius 3 is 2.11 bits per heavy atom. The van der Waals surface area contributed by atoms with Gasteiger partial charge in [0.15, 0.2) is 0 Å². The maximum absolute atomic E-state index is 11.8. The number of anilines is 2. The summed E-state index contributed by atoms with van der Waals surface area (Å²) in [7, 11) is -3.13. The maximum Gasteiger partial charge on any atom is 0.226 e. The van der Waals surface area contributed by atoms with Gasteiger partial charge in [-0.3, -0.25) is 4.90 Å². The van der Waals surface area contributed by atoms with Gasteiger partial charge in [-0.25, -0.2) is 28.4 Å². The minimum atomic E-state index is -3.13. The van der Waals surface area contributed by atoms with Gasteiger partial charge in [-0.05, 0) is 11.6 Å². The molecule has 0 atom stereocenters. The van der Waals surface area contributed by atoms with Gasteiger partial charge in [0.2, 0.25) is 21.9 Å². The Balaban J connectivity index is 1.36. The third kappa shape index (κ3) is 5.78. The number of hydrogen-bond acceptors (Lipinski definition) is 10. The van der Waals surface area contributed by atoms with Crippen LogP contribution in [0.4, 0.5) is 11.9 Å². The first-order valence-electron chi connectivity index (χ1n) is 11.9. The second-order valence-corrected chi connectivity index (χ2v) is 11.0. The fourth-order valence-electron chi connectivity index (χ4n) is 4.36. The Morgan fingerprint density at radius 2 is 1.50 bits per heavy atom. The lowest BCUT2D eigenvalue weighted by molar-refractivity contribution is 0.122. The molecule has 3 aromatic rings. The Morgan fingerprint density at radius 1 is 0.889 bits per heavy atom. The predicted molar refractivity (Wildman–Crippen MR) is 138 cm³/mol. The lowest BCUT2D eigenvalue weighted by Gasteiger charge is -2.33. The summed E-state index contributed by atoms with van der Waals surface area (Å²) >= 11 is 0. The molecule has 2 saturated heterocycles. The first-order chi connectivity index (χ1) is 17.3. The molecule has 0 unspecified atom stereocenters. The van der Waals surface area contributed by atoms with Gasteiger partial charge in [-0.1, -0.05) is 24.3 Å². The number of nitrogens with zero attached hydrogens (tertiary/aromatic N) is 7. The summed E-state index contributed by atoms with van der Waals surface area (Å²) in [4.78, 5) is 22.3. The molecule has 36 heavy (non-hydrogen) atoms. The number of nitrogen functional groups attached to an aromatic ring is 1. The van der Waals surface area contributed by atoms with E-state index >= 15 is 0 Å². The second kappa shape index (κ2) is 10.4. The van der Waals surface area contributed by atoms with Gasteiger partial charge in [0.1, 0.15) is 0 Å². The van der Waals surface area contributed by atoms with Gasteiger partial charge in [-0.15, -0.1) is 0 Å². The van der Waals surface area contributed by atoms with E-state index in [1.54, 1.807) is 12.4 Å². The van der Waals surface area contributed by atoms with Crippen molar-refractivity contribution in [2.24, 2.45) is 0 Å². The molecule has 0 spiro atoms. The van der Waals surface area contributed by atoms with E-state index in [-0.39, 0.29) is 5.95 Å². The topological polar surface area (TPSA) is 131 Å². The zero-order valence-electron chi connectivity index (χ0n) is 20.2. The van der Waals surface area contributed by atoms with Crippen LogP contribution in [-0.2, 0) is 21.3 Å². The zero-order valence-corrected chi connectivity index (χ0v) is 21.1. The van der Waals surface area contributed by atoms with Gasteiger partial charge in [-0.2, -0.15) is 4.31 Å². The van der Waals surface area contributed by atoms with E-state index in [9.17, 15) is 8.42 Å². The number of ether oxygens (including phenoxy) is 1. The molecule has 0 radical (unpaired) electrons. The zero-order chi connectivity index (χ0) is 25.1. The molecule has 2 aliphatic rings. The highest BCUT2D eigenvalue weighted by molar-refractivity contribution is 7.88. The summed E-state index contributed by atoms with van der Waals surface area (Å²) in [6, 6.07) is 10.3. The molecule has 2 aliphatic heterocycles. The van der Waals surface area contributed by atoms with Crippen LogP contribution in [0.15, 0.2) is 42.7 Å². The quantitative estimate of drug-likeness (QED) is 0.514. The molecular formula is C24H30N8O3S. The molecule has 2 aromatic heterocycles. The standard InChI is InChI=1S/C24H30N8O3S/c1-36(33,34)32-8-6-30(7-9-32)17-18-2-4-19(5-3-18)21-14-22(20-15-26-23(25)27-16-20)29-24(28-21)31-10-12-35-13-11-31/h2-5,14-16H,6-13,17H2,1H3,(H2,25,26,27). The first kappa shape index (κ1) is 24.5. The Hall–Kier alpha value is -3.19. The van der Waals surface area contributed by atoms with Crippen molar-refractivity contribution in [2.45, 2.75) is 6.54 Å². The van der Waals surface area contributed by atoms with Crippen molar-refractivity contribution in [3.63, 3.8) is 0 Å². The number of aromatic nitrogens is 4. The van der Waals surface area contributed by atoms with E-state index in [0.29, 0.717) is 32.3 Å². The SMILES string of the molecule is CS(=O)(=O)N1CCN(Cc2ccc(-c3cc(-c4cnc(N)nc4)nc(N4CCOCC4)n3)cc2)CC1. The van der Waals surface area contributed by atoms with Crippen LogP contribution in [0.25, 0.3) is 22.5 Å². The largest absolute Gasteiger partial charge is 0.378 e. The van der Waals surface area contributed by atoms with E-state index in [1.807, 2.05) is 6.07 Å². The monoisotopic (exact) mass is 510 g/mol. The van der Waals surface area contributed by atoms with Gasteiger partial charge in [0, 0.05) is 69.3 Å². The molecule has 0 saturated carbocycles. The van der Waals surface area contributed by atoms with Gasteiger partial charge >= 0.3 is 0 Å². The number of benzene rings is 1. The third-order valence-corrected chi connectivity index (χ3v) is 7.74. The Kier molecular flexibility index (Phi) is 7.10. The smallest absolute Gasteiger partial charge is 0.226 e. The molecule has 1 aromatic carbocycles. The second-order valence-electron chi connectivity index (χ2n) is 9.00. The molecular weight excluding hydrogens is 480 g/mol. The fourth-order valence-corrected chi connectivity index (χ4v) is 5.19. The molecule has 12 heteroatoms. The summed E-state index contributed by atoms with van der Waals surface area (Å²) in [6.07, 6.45) is 4.61. The van der Waals surface area contributed by atoms with Crippen LogP contribution >= 0.6 is 0 Å². The number of morpholine rings is 1. The van der Waals surface area contributed by atoms with Gasteiger partial charge in [0.05, 0.1) is 30.9 Å². The lowest BCUT2D eigenvalue weighted by atomic mass is 10.1. The Labute approximate surface area is 211 Å². The molecule has 0 bridgehead atoms. The van der Waals surface area contributed by atoms with Crippen LogP contribution in [0.2, 0.25) is 0 Å². The van der Waals surface area contributed by atoms with Crippen molar-refractivity contribution >= 4 is 21.9 Å². The van der Waals surface area contributed by atoms with Crippen molar-refractivity contribution in [3.8, 4) is 22.5 Å². The molecule has 2 fully saturated rings. The van der Waals surface area contributed by atoms with Crippen molar-refractivity contribution in [1.29, 1.82) is 0 Å². The van der Waals surface area contributed by atoms with Gasteiger partial charge < -0.3 is 15.4 Å². The van der Waals surface area contributed by atoms with Crippen LogP contribution < -0.4 is 10.6 Å². The summed E-state index contributed by atoms with van der Waals surface area (Å²) in [5.41, 5.74) is 10.1. The number of piperazine rings is 1. The summed E-state index contributed by atoms with van der Waals surface area (Å²) in [5, 5.41) is 0. The van der Waals surface area contributed by atoms with Crippen LogP contribution in [0.5, 0.6) is 0 Å². The predicted octanol–water partition coefficient (Wildman–Crippen LogP) is 1.10. The maximum atomic E-state index is 11.8. The van der Waals surface area contributed by atoms with E-state index in [4.69, 9.17) is 20.4 Å². The van der Waals surface area contributed by atoms with E-state index in [1.165, 1.54) is 16.1 Å². The molecule has 0 aliphatic carbocycles. The van der Waals surface area contributed by atoms with Crippen molar-refractivity contribution in [1.82, 2.24) is 29.1 Å². The van der Waals surface area contributed by atoms with Crippen molar-refractivity contribution < 1.29 is 13.2 Å². The van der Waals surface area contributed by atoms with E-state index < -0.39 is 10.0 Å². The molecule has 5 rings (SSSR count). The third-order valence-electron chi connectivity index (χ3n) is 6.43. The molecule has 2 N–H and O–H groups in total.